The summed E-state index contributed by atoms with van der Waals surface area (Å²) in [5.41, 5.74) is 6.04. The predicted octanol–water partition coefficient (Wildman–Crippen LogP) is 3.23. The highest BCUT2D eigenvalue weighted by molar-refractivity contribution is 6.30. The number of nitrogens with zero attached hydrogens (tertiary/aromatic N) is 4. The normalized spacial score (nSPS) is 21.8. The van der Waals surface area contributed by atoms with Crippen LogP contribution >= 0.6 is 11.6 Å². The largest absolute Gasteiger partial charge is 0.381 e. The summed E-state index contributed by atoms with van der Waals surface area (Å²) in [4.78, 5) is 24.7. The fourth-order valence-corrected chi connectivity index (χ4v) is 4.32. The number of piperidine rings is 1. The smallest absolute Gasteiger partial charge is 0.245 e. The van der Waals surface area contributed by atoms with E-state index in [1.807, 2.05) is 12.2 Å². The number of hydrogen-bond donors (Lipinski definition) is 2. The van der Waals surface area contributed by atoms with Crippen LogP contribution in [-0.4, -0.2) is 52.5 Å². The lowest BCUT2D eigenvalue weighted by Gasteiger charge is -2.40. The van der Waals surface area contributed by atoms with Crippen molar-refractivity contribution in [3.63, 3.8) is 0 Å². The summed E-state index contributed by atoms with van der Waals surface area (Å²) in [5.74, 6) is -1.26. The molecule has 10 heteroatoms. The second-order valence-corrected chi connectivity index (χ2v) is 8.13. The maximum atomic E-state index is 14.4. The van der Waals surface area contributed by atoms with Crippen LogP contribution in [0.2, 0.25) is 5.02 Å². The Balaban J connectivity index is 1.51. The number of benzene rings is 1. The molecule has 2 aromatic rings. The van der Waals surface area contributed by atoms with Crippen molar-refractivity contribution in [2.45, 2.75) is 31.3 Å². The van der Waals surface area contributed by atoms with Gasteiger partial charge in [-0.2, -0.15) is 4.39 Å². The number of hydrogen-bond acceptors (Lipinski definition) is 6. The van der Waals surface area contributed by atoms with E-state index in [4.69, 9.17) is 17.3 Å². The molecule has 0 saturated carbocycles. The molecule has 2 aliphatic rings. The van der Waals surface area contributed by atoms with Crippen molar-refractivity contribution in [2.75, 3.05) is 35.6 Å². The number of halogens is 3. The SMILES string of the molecule is Nc1ncnc(N2CCCC(N3CC=CC[C@@H](Nc4cc(F)cc(Cl)c4)C3=O)C2)c1F. The van der Waals surface area contributed by atoms with Gasteiger partial charge in [0.05, 0.1) is 0 Å². The Labute approximate surface area is 183 Å². The standard InChI is InChI=1S/C21H23ClF2N6O/c22-13-8-14(23)10-15(9-13)28-17-5-1-2-7-30(21(17)31)16-4-3-6-29(11-16)20-18(24)19(25)26-12-27-20/h1-2,8-10,12,16-17,28H,3-7,11H2,(H2,25,26,27)/t16?,17-/m1/s1. The number of amides is 1. The van der Waals surface area contributed by atoms with E-state index < -0.39 is 17.7 Å². The lowest BCUT2D eigenvalue weighted by Crippen LogP contribution is -2.53. The average molecular weight is 449 g/mol. The number of carbonyl (C=O) groups is 1. The molecule has 1 saturated heterocycles. The first kappa shape index (κ1) is 21.3. The third kappa shape index (κ3) is 4.71. The van der Waals surface area contributed by atoms with Crippen LogP contribution in [0.1, 0.15) is 19.3 Å². The summed E-state index contributed by atoms with van der Waals surface area (Å²) in [5, 5.41) is 3.36. The van der Waals surface area contributed by atoms with Crippen molar-refractivity contribution in [1.29, 1.82) is 0 Å². The van der Waals surface area contributed by atoms with Gasteiger partial charge in [0.15, 0.2) is 11.6 Å². The minimum Gasteiger partial charge on any atom is -0.381 e. The topological polar surface area (TPSA) is 87.4 Å². The number of anilines is 3. The summed E-state index contributed by atoms with van der Waals surface area (Å²) in [6.45, 7) is 1.50. The molecule has 1 aromatic carbocycles. The fourth-order valence-electron chi connectivity index (χ4n) is 4.10. The number of carbonyl (C=O) groups excluding carboxylic acids is 1. The Morgan fingerprint density at radius 3 is 2.84 bits per heavy atom. The van der Waals surface area contributed by atoms with E-state index in [0.29, 0.717) is 31.7 Å². The van der Waals surface area contributed by atoms with Gasteiger partial charge in [0.1, 0.15) is 18.2 Å². The summed E-state index contributed by atoms with van der Waals surface area (Å²) in [6, 6.07) is 3.42. The fraction of sp³-hybridized carbons (Fsp3) is 0.381. The third-order valence-electron chi connectivity index (χ3n) is 5.56. The van der Waals surface area contributed by atoms with Crippen LogP contribution in [0.5, 0.6) is 0 Å². The van der Waals surface area contributed by atoms with Crippen molar-refractivity contribution in [3.8, 4) is 0 Å². The minimum atomic E-state index is -0.646. The van der Waals surface area contributed by atoms with Gasteiger partial charge in [-0.15, -0.1) is 0 Å². The summed E-state index contributed by atoms with van der Waals surface area (Å²) in [7, 11) is 0. The molecule has 7 nitrogen and oxygen atoms in total. The van der Waals surface area contributed by atoms with Crippen LogP contribution in [0.3, 0.4) is 0 Å². The molecule has 1 amide bonds. The van der Waals surface area contributed by atoms with Crippen LogP contribution in [0.25, 0.3) is 0 Å². The average Bonchev–Trinajstić information content (AvgIpc) is 2.91. The molecule has 4 rings (SSSR count). The van der Waals surface area contributed by atoms with Gasteiger partial charge in [-0.05, 0) is 37.5 Å². The minimum absolute atomic E-state index is 0.0973. The molecule has 3 N–H and O–H groups in total. The molecular formula is C21H23ClF2N6O. The van der Waals surface area contributed by atoms with Crippen LogP contribution in [-0.2, 0) is 4.79 Å². The van der Waals surface area contributed by atoms with Gasteiger partial charge in [-0.1, -0.05) is 23.8 Å². The summed E-state index contributed by atoms with van der Waals surface area (Å²) < 4.78 is 28.1. The van der Waals surface area contributed by atoms with Crippen molar-refractivity contribution in [2.24, 2.45) is 0 Å². The maximum Gasteiger partial charge on any atom is 0.245 e. The third-order valence-corrected chi connectivity index (χ3v) is 5.78. The molecule has 31 heavy (non-hydrogen) atoms. The number of nitrogens with two attached hydrogens (primary N) is 1. The van der Waals surface area contributed by atoms with E-state index in [0.717, 1.165) is 12.8 Å². The molecule has 3 heterocycles. The van der Waals surface area contributed by atoms with Gasteiger partial charge in [-0.25, -0.2) is 14.4 Å². The molecule has 1 unspecified atom stereocenters. The number of nitrogen functional groups attached to an aromatic ring is 1. The lowest BCUT2D eigenvalue weighted by molar-refractivity contribution is -0.133. The summed E-state index contributed by atoms with van der Waals surface area (Å²) in [6.07, 6.45) is 7.15. The van der Waals surface area contributed by atoms with Gasteiger partial charge in [0.2, 0.25) is 11.7 Å². The second-order valence-electron chi connectivity index (χ2n) is 7.69. The van der Waals surface area contributed by atoms with E-state index in [-0.39, 0.29) is 28.6 Å². The van der Waals surface area contributed by atoms with E-state index in [9.17, 15) is 13.6 Å². The molecular weight excluding hydrogens is 426 g/mol. The van der Waals surface area contributed by atoms with E-state index in [1.165, 1.54) is 18.5 Å². The van der Waals surface area contributed by atoms with E-state index in [2.05, 4.69) is 15.3 Å². The van der Waals surface area contributed by atoms with Crippen LogP contribution in [0.15, 0.2) is 36.7 Å². The zero-order chi connectivity index (χ0) is 22.0. The second kappa shape index (κ2) is 9.05. The Kier molecular flexibility index (Phi) is 6.22. The van der Waals surface area contributed by atoms with Crippen LogP contribution in [0, 0.1) is 11.6 Å². The van der Waals surface area contributed by atoms with Gasteiger partial charge in [-0.3, -0.25) is 4.79 Å². The van der Waals surface area contributed by atoms with Crippen molar-refractivity contribution in [3.05, 3.63) is 53.3 Å². The van der Waals surface area contributed by atoms with Crippen molar-refractivity contribution in [1.82, 2.24) is 14.9 Å². The van der Waals surface area contributed by atoms with Crippen molar-refractivity contribution >= 4 is 34.8 Å². The summed E-state index contributed by atoms with van der Waals surface area (Å²) >= 11 is 5.94. The molecule has 1 fully saturated rings. The first-order valence-electron chi connectivity index (χ1n) is 10.1. The first-order valence-corrected chi connectivity index (χ1v) is 10.5. The lowest BCUT2D eigenvalue weighted by atomic mass is 10.0. The molecule has 0 radical (unpaired) electrons. The van der Waals surface area contributed by atoms with E-state index >= 15 is 0 Å². The molecule has 0 bridgehead atoms. The first-order chi connectivity index (χ1) is 14.9. The highest BCUT2D eigenvalue weighted by Crippen LogP contribution is 2.27. The number of rotatable bonds is 4. The highest BCUT2D eigenvalue weighted by Gasteiger charge is 2.34. The van der Waals surface area contributed by atoms with E-state index in [1.54, 1.807) is 15.9 Å². The predicted molar refractivity (Wildman–Crippen MR) is 116 cm³/mol. The van der Waals surface area contributed by atoms with Crippen molar-refractivity contribution < 1.29 is 13.6 Å². The molecule has 164 valence electrons. The molecule has 1 aromatic heterocycles. The van der Waals surface area contributed by atoms with Gasteiger partial charge < -0.3 is 20.9 Å². The van der Waals surface area contributed by atoms with Crippen LogP contribution < -0.4 is 16.0 Å². The zero-order valence-electron chi connectivity index (χ0n) is 16.8. The number of aromatic nitrogens is 2. The zero-order valence-corrected chi connectivity index (χ0v) is 17.5. The monoisotopic (exact) mass is 448 g/mol. The maximum absolute atomic E-state index is 14.4. The Bertz CT molecular complexity index is 984. The quantitative estimate of drug-likeness (QED) is 0.698. The Hall–Kier alpha value is -2.94. The molecule has 2 aliphatic heterocycles. The highest BCUT2D eigenvalue weighted by atomic mass is 35.5. The number of nitrogens with one attached hydrogen (secondary N) is 1. The molecule has 2 atom stereocenters. The van der Waals surface area contributed by atoms with Gasteiger partial charge in [0.25, 0.3) is 0 Å². The molecule has 0 spiro atoms. The Morgan fingerprint density at radius 1 is 1.19 bits per heavy atom. The van der Waals surface area contributed by atoms with Gasteiger partial charge in [0, 0.05) is 36.4 Å². The molecule has 0 aliphatic carbocycles. The van der Waals surface area contributed by atoms with Crippen LogP contribution in [0.4, 0.5) is 26.1 Å². The van der Waals surface area contributed by atoms with Gasteiger partial charge >= 0.3 is 0 Å². The Morgan fingerprint density at radius 2 is 2.03 bits per heavy atom.